The van der Waals surface area contributed by atoms with Gasteiger partial charge in [-0.25, -0.2) is 0 Å². The summed E-state index contributed by atoms with van der Waals surface area (Å²) in [5.41, 5.74) is 0. The lowest BCUT2D eigenvalue weighted by Gasteiger charge is -2.39. The molecule has 4 nitrogen and oxygen atoms in total. The standard InChI is InChI=1S/C15H26N2O2/c1-9(2)11-6-5-10(3)7-12(11)16-13-8-14(18)17(4)15(13)19/h9-13,16H,5-8H2,1-4H3. The van der Waals surface area contributed by atoms with Gasteiger partial charge in [-0.05, 0) is 30.6 Å². The van der Waals surface area contributed by atoms with Crippen LogP contribution in [-0.2, 0) is 9.59 Å². The van der Waals surface area contributed by atoms with Crippen molar-refractivity contribution in [2.24, 2.45) is 17.8 Å². The van der Waals surface area contributed by atoms with Crippen LogP contribution in [0, 0.1) is 17.8 Å². The summed E-state index contributed by atoms with van der Waals surface area (Å²) in [5, 5.41) is 3.48. The van der Waals surface area contributed by atoms with Crippen LogP contribution in [0.15, 0.2) is 0 Å². The maximum atomic E-state index is 12.0. The normalized spacial score (nSPS) is 36.4. The quantitative estimate of drug-likeness (QED) is 0.792. The molecule has 0 radical (unpaired) electrons. The lowest BCUT2D eigenvalue weighted by atomic mass is 9.74. The first kappa shape index (κ1) is 14.5. The third-order valence-electron chi connectivity index (χ3n) is 4.82. The van der Waals surface area contributed by atoms with Crippen molar-refractivity contribution < 1.29 is 9.59 Å². The second kappa shape index (κ2) is 5.61. The Morgan fingerprint density at radius 1 is 1.26 bits per heavy atom. The zero-order valence-corrected chi connectivity index (χ0v) is 12.5. The molecule has 1 aliphatic heterocycles. The van der Waals surface area contributed by atoms with Gasteiger partial charge in [-0.2, -0.15) is 0 Å². The number of carbonyl (C=O) groups is 2. The summed E-state index contributed by atoms with van der Waals surface area (Å²) in [5.74, 6) is 1.82. The summed E-state index contributed by atoms with van der Waals surface area (Å²) in [7, 11) is 1.58. The van der Waals surface area contributed by atoms with E-state index in [0.29, 0.717) is 30.2 Å². The SMILES string of the molecule is CC1CCC(C(C)C)C(NC2CC(=O)N(C)C2=O)C1. The number of hydrogen-bond acceptors (Lipinski definition) is 3. The van der Waals surface area contributed by atoms with Gasteiger partial charge < -0.3 is 5.32 Å². The van der Waals surface area contributed by atoms with Crippen LogP contribution < -0.4 is 5.32 Å². The van der Waals surface area contributed by atoms with Crippen molar-refractivity contribution in [1.82, 2.24) is 10.2 Å². The molecule has 2 amide bonds. The van der Waals surface area contributed by atoms with Crippen LogP contribution in [-0.4, -0.2) is 35.8 Å². The molecule has 1 N–H and O–H groups in total. The van der Waals surface area contributed by atoms with Crippen molar-refractivity contribution in [3.05, 3.63) is 0 Å². The van der Waals surface area contributed by atoms with Gasteiger partial charge in [0, 0.05) is 13.1 Å². The molecule has 2 fully saturated rings. The Bertz CT molecular complexity index is 367. The van der Waals surface area contributed by atoms with E-state index in [1.54, 1.807) is 7.05 Å². The van der Waals surface area contributed by atoms with Crippen LogP contribution in [0.25, 0.3) is 0 Å². The third kappa shape index (κ3) is 2.99. The van der Waals surface area contributed by atoms with E-state index in [1.165, 1.54) is 17.7 Å². The number of hydrogen-bond donors (Lipinski definition) is 1. The topological polar surface area (TPSA) is 49.4 Å². The molecule has 1 saturated heterocycles. The van der Waals surface area contributed by atoms with Crippen molar-refractivity contribution in [1.29, 1.82) is 0 Å². The predicted molar refractivity (Wildman–Crippen MR) is 74.4 cm³/mol. The number of carbonyl (C=O) groups excluding carboxylic acids is 2. The minimum atomic E-state index is -0.297. The maximum Gasteiger partial charge on any atom is 0.246 e. The van der Waals surface area contributed by atoms with Crippen LogP contribution >= 0.6 is 0 Å². The Balaban J connectivity index is 2.03. The highest BCUT2D eigenvalue weighted by molar-refractivity contribution is 6.05. The van der Waals surface area contributed by atoms with Crippen LogP contribution in [0.3, 0.4) is 0 Å². The fourth-order valence-electron chi connectivity index (χ4n) is 3.54. The second-order valence-electron chi connectivity index (χ2n) is 6.65. The van der Waals surface area contributed by atoms with Gasteiger partial charge in [-0.3, -0.25) is 14.5 Å². The van der Waals surface area contributed by atoms with Crippen LogP contribution in [0.2, 0.25) is 0 Å². The highest BCUT2D eigenvalue weighted by atomic mass is 16.2. The predicted octanol–water partition coefficient (Wildman–Crippen LogP) is 1.79. The summed E-state index contributed by atoms with van der Waals surface area (Å²) in [6.07, 6.45) is 3.94. The Morgan fingerprint density at radius 2 is 1.95 bits per heavy atom. The summed E-state index contributed by atoms with van der Waals surface area (Å²) < 4.78 is 0. The summed E-state index contributed by atoms with van der Waals surface area (Å²) >= 11 is 0. The second-order valence-corrected chi connectivity index (χ2v) is 6.65. The van der Waals surface area contributed by atoms with Gasteiger partial charge in [0.25, 0.3) is 0 Å². The summed E-state index contributed by atoms with van der Waals surface area (Å²) in [6, 6.07) is 0.0750. The average molecular weight is 266 g/mol. The van der Waals surface area contributed by atoms with E-state index >= 15 is 0 Å². The van der Waals surface area contributed by atoms with Gasteiger partial charge in [0.1, 0.15) is 0 Å². The van der Waals surface area contributed by atoms with Crippen LogP contribution in [0.1, 0.15) is 46.5 Å². The van der Waals surface area contributed by atoms with E-state index in [4.69, 9.17) is 0 Å². The van der Waals surface area contributed by atoms with Gasteiger partial charge in [0.2, 0.25) is 11.8 Å². The molecule has 108 valence electrons. The molecule has 0 aromatic carbocycles. The average Bonchev–Trinajstić information content (AvgIpc) is 2.57. The first-order valence-corrected chi connectivity index (χ1v) is 7.46. The third-order valence-corrected chi connectivity index (χ3v) is 4.82. The Kier molecular flexibility index (Phi) is 4.29. The van der Waals surface area contributed by atoms with Gasteiger partial charge >= 0.3 is 0 Å². The molecule has 2 aliphatic rings. The van der Waals surface area contributed by atoms with E-state index < -0.39 is 0 Å². The number of likely N-dealkylation sites (N-methyl/N-ethyl adjacent to an activating group) is 1. The largest absolute Gasteiger partial charge is 0.302 e. The van der Waals surface area contributed by atoms with E-state index in [-0.39, 0.29) is 17.9 Å². The minimum Gasteiger partial charge on any atom is -0.302 e. The first-order valence-electron chi connectivity index (χ1n) is 7.46. The molecule has 1 aliphatic carbocycles. The van der Waals surface area contributed by atoms with Crippen molar-refractivity contribution in [3.8, 4) is 0 Å². The zero-order valence-electron chi connectivity index (χ0n) is 12.5. The van der Waals surface area contributed by atoms with E-state index in [1.807, 2.05) is 0 Å². The first-order chi connectivity index (χ1) is 8.90. The fraction of sp³-hybridized carbons (Fsp3) is 0.867. The summed E-state index contributed by atoms with van der Waals surface area (Å²) in [4.78, 5) is 24.8. The molecule has 0 aromatic rings. The lowest BCUT2D eigenvalue weighted by molar-refractivity contribution is -0.137. The monoisotopic (exact) mass is 266 g/mol. The molecule has 0 spiro atoms. The van der Waals surface area contributed by atoms with E-state index in [0.717, 1.165) is 6.42 Å². The van der Waals surface area contributed by atoms with Gasteiger partial charge in [0.05, 0.1) is 12.5 Å². The Labute approximate surface area is 115 Å². The number of rotatable bonds is 3. The Morgan fingerprint density at radius 3 is 2.47 bits per heavy atom. The molecule has 19 heavy (non-hydrogen) atoms. The van der Waals surface area contributed by atoms with Crippen molar-refractivity contribution in [2.45, 2.75) is 58.5 Å². The molecule has 1 heterocycles. The highest BCUT2D eigenvalue weighted by Gasteiger charge is 2.39. The van der Waals surface area contributed by atoms with Crippen molar-refractivity contribution in [3.63, 3.8) is 0 Å². The number of likely N-dealkylation sites (tertiary alicyclic amines) is 1. The molecule has 0 aromatic heterocycles. The van der Waals surface area contributed by atoms with E-state index in [9.17, 15) is 9.59 Å². The molecule has 0 bridgehead atoms. The van der Waals surface area contributed by atoms with Crippen molar-refractivity contribution >= 4 is 11.8 Å². The van der Waals surface area contributed by atoms with Gasteiger partial charge in [-0.15, -0.1) is 0 Å². The van der Waals surface area contributed by atoms with Crippen LogP contribution in [0.4, 0.5) is 0 Å². The number of nitrogens with zero attached hydrogens (tertiary/aromatic N) is 1. The molecule has 4 unspecified atom stereocenters. The van der Waals surface area contributed by atoms with Crippen LogP contribution in [0.5, 0.6) is 0 Å². The Hall–Kier alpha value is -0.900. The molecule has 2 rings (SSSR count). The smallest absolute Gasteiger partial charge is 0.246 e. The van der Waals surface area contributed by atoms with E-state index in [2.05, 4.69) is 26.1 Å². The van der Waals surface area contributed by atoms with Crippen molar-refractivity contribution in [2.75, 3.05) is 7.05 Å². The molecule has 1 saturated carbocycles. The number of nitrogens with one attached hydrogen (secondary N) is 1. The summed E-state index contributed by atoms with van der Waals surface area (Å²) in [6.45, 7) is 6.78. The fourth-order valence-corrected chi connectivity index (χ4v) is 3.54. The van der Waals surface area contributed by atoms with Gasteiger partial charge in [0.15, 0.2) is 0 Å². The highest BCUT2D eigenvalue weighted by Crippen LogP contribution is 2.34. The lowest BCUT2D eigenvalue weighted by Crippen LogP contribution is -2.49. The molecular weight excluding hydrogens is 240 g/mol. The molecule has 4 atom stereocenters. The molecular formula is C15H26N2O2. The minimum absolute atomic E-state index is 0.0625. The molecule has 4 heteroatoms. The maximum absolute atomic E-state index is 12.0. The number of imide groups is 1. The van der Waals surface area contributed by atoms with Gasteiger partial charge in [-0.1, -0.05) is 27.2 Å². The zero-order chi connectivity index (χ0) is 14.2. The number of amides is 2.